The second-order valence-corrected chi connectivity index (χ2v) is 6.11. The van der Waals surface area contributed by atoms with Gasteiger partial charge < -0.3 is 0 Å². The summed E-state index contributed by atoms with van der Waals surface area (Å²) in [6.45, 7) is 4.84. The molecular formula is C15H21N3. The second kappa shape index (κ2) is 4.05. The third-order valence-electron chi connectivity index (χ3n) is 5.05. The molecule has 3 heterocycles. The number of benzene rings is 1. The quantitative estimate of drug-likeness (QED) is 0.835. The summed E-state index contributed by atoms with van der Waals surface area (Å²) in [5.41, 5.74) is 1.45. The van der Waals surface area contributed by atoms with Gasteiger partial charge in [-0.05, 0) is 18.5 Å². The molecule has 1 aromatic carbocycles. The van der Waals surface area contributed by atoms with Crippen molar-refractivity contribution in [3.63, 3.8) is 0 Å². The van der Waals surface area contributed by atoms with Crippen molar-refractivity contribution in [2.45, 2.75) is 18.8 Å². The van der Waals surface area contributed by atoms with Gasteiger partial charge in [0.25, 0.3) is 0 Å². The molecule has 0 spiro atoms. The summed E-state index contributed by atoms with van der Waals surface area (Å²) in [6.07, 6.45) is 0.640. The monoisotopic (exact) mass is 243 g/mol. The maximum absolute atomic E-state index is 3.70. The molecule has 4 rings (SSSR count). The lowest BCUT2D eigenvalue weighted by molar-refractivity contribution is 0.211. The van der Waals surface area contributed by atoms with Crippen LogP contribution in [0.15, 0.2) is 30.3 Å². The summed E-state index contributed by atoms with van der Waals surface area (Å²) in [7, 11) is 2.26. The Bertz CT molecular complexity index is 433. The van der Waals surface area contributed by atoms with Crippen molar-refractivity contribution < 1.29 is 0 Å². The Morgan fingerprint density at radius 3 is 2.89 bits per heavy atom. The minimum atomic E-state index is 0.640. The van der Waals surface area contributed by atoms with E-state index in [1.54, 1.807) is 0 Å². The molecule has 1 aromatic rings. The average Bonchev–Trinajstić information content (AvgIpc) is 3.01. The van der Waals surface area contributed by atoms with Crippen molar-refractivity contribution in [2.24, 2.45) is 11.8 Å². The SMILES string of the molecule is CN1C[C@@H]2CN(Cc3ccccc3)[C@@H]3CN[C@H]1[C@H]23. The van der Waals surface area contributed by atoms with Gasteiger partial charge in [0.1, 0.15) is 0 Å². The fourth-order valence-corrected chi connectivity index (χ4v) is 4.34. The van der Waals surface area contributed by atoms with E-state index in [1.165, 1.54) is 25.2 Å². The van der Waals surface area contributed by atoms with Gasteiger partial charge in [0.2, 0.25) is 0 Å². The molecule has 0 amide bonds. The number of nitrogens with zero attached hydrogens (tertiary/aromatic N) is 2. The van der Waals surface area contributed by atoms with Crippen LogP contribution in [0.25, 0.3) is 0 Å². The summed E-state index contributed by atoms with van der Waals surface area (Å²) in [5.74, 6) is 1.74. The zero-order valence-electron chi connectivity index (χ0n) is 10.9. The molecule has 0 saturated carbocycles. The lowest BCUT2D eigenvalue weighted by Crippen LogP contribution is -2.37. The molecule has 3 nitrogen and oxygen atoms in total. The van der Waals surface area contributed by atoms with Crippen molar-refractivity contribution >= 4 is 0 Å². The van der Waals surface area contributed by atoms with Gasteiger partial charge in [-0.2, -0.15) is 0 Å². The van der Waals surface area contributed by atoms with E-state index in [1.807, 2.05) is 0 Å². The topological polar surface area (TPSA) is 18.5 Å². The molecule has 0 unspecified atom stereocenters. The lowest BCUT2D eigenvalue weighted by Gasteiger charge is -2.24. The minimum Gasteiger partial charge on any atom is -0.300 e. The van der Waals surface area contributed by atoms with Gasteiger partial charge in [0, 0.05) is 38.1 Å². The molecule has 0 aliphatic carbocycles. The molecule has 3 aliphatic heterocycles. The van der Waals surface area contributed by atoms with Crippen LogP contribution >= 0.6 is 0 Å². The van der Waals surface area contributed by atoms with Crippen molar-refractivity contribution in [1.29, 1.82) is 0 Å². The third kappa shape index (κ3) is 1.54. The van der Waals surface area contributed by atoms with Gasteiger partial charge in [0.15, 0.2) is 0 Å². The first kappa shape index (κ1) is 11.0. The summed E-state index contributed by atoms with van der Waals surface area (Å²) < 4.78 is 0. The Morgan fingerprint density at radius 1 is 1.22 bits per heavy atom. The second-order valence-electron chi connectivity index (χ2n) is 6.11. The fourth-order valence-electron chi connectivity index (χ4n) is 4.34. The van der Waals surface area contributed by atoms with Gasteiger partial charge in [-0.1, -0.05) is 30.3 Å². The van der Waals surface area contributed by atoms with E-state index in [9.17, 15) is 0 Å². The lowest BCUT2D eigenvalue weighted by atomic mass is 9.95. The highest BCUT2D eigenvalue weighted by molar-refractivity contribution is 5.16. The summed E-state index contributed by atoms with van der Waals surface area (Å²) in [6, 6.07) is 11.7. The molecule has 4 atom stereocenters. The van der Waals surface area contributed by atoms with Gasteiger partial charge in [-0.25, -0.2) is 0 Å². The summed E-state index contributed by atoms with van der Waals surface area (Å²) >= 11 is 0. The first-order chi connectivity index (χ1) is 8.83. The molecule has 0 bridgehead atoms. The summed E-state index contributed by atoms with van der Waals surface area (Å²) in [5, 5.41) is 3.70. The number of hydrogen-bond acceptors (Lipinski definition) is 3. The first-order valence-electron chi connectivity index (χ1n) is 7.04. The van der Waals surface area contributed by atoms with Gasteiger partial charge in [-0.3, -0.25) is 15.1 Å². The molecule has 3 aliphatic rings. The van der Waals surface area contributed by atoms with Gasteiger partial charge in [0.05, 0.1) is 6.17 Å². The van der Waals surface area contributed by atoms with Crippen molar-refractivity contribution in [2.75, 3.05) is 26.7 Å². The van der Waals surface area contributed by atoms with Crippen LogP contribution in [-0.4, -0.2) is 48.7 Å². The van der Waals surface area contributed by atoms with Crippen LogP contribution in [0.4, 0.5) is 0 Å². The Morgan fingerprint density at radius 2 is 2.06 bits per heavy atom. The van der Waals surface area contributed by atoms with Gasteiger partial charge in [-0.15, -0.1) is 0 Å². The zero-order chi connectivity index (χ0) is 12.1. The molecule has 3 saturated heterocycles. The molecule has 3 heteroatoms. The van der Waals surface area contributed by atoms with Crippen LogP contribution in [0.3, 0.4) is 0 Å². The number of rotatable bonds is 2. The van der Waals surface area contributed by atoms with E-state index in [0.29, 0.717) is 6.17 Å². The van der Waals surface area contributed by atoms with Crippen LogP contribution < -0.4 is 5.32 Å². The third-order valence-corrected chi connectivity index (χ3v) is 5.05. The van der Waals surface area contributed by atoms with E-state index in [4.69, 9.17) is 0 Å². The van der Waals surface area contributed by atoms with Crippen LogP contribution in [0, 0.1) is 11.8 Å². The number of nitrogens with one attached hydrogen (secondary N) is 1. The normalized spacial score (nSPS) is 39.4. The largest absolute Gasteiger partial charge is 0.300 e. The smallest absolute Gasteiger partial charge is 0.0643 e. The molecule has 0 aromatic heterocycles. The molecule has 1 N–H and O–H groups in total. The Balaban J connectivity index is 1.53. The van der Waals surface area contributed by atoms with E-state index in [-0.39, 0.29) is 0 Å². The standard InChI is InChI=1S/C15H21N3/c1-17-9-12-10-18(8-11-5-3-2-4-6-11)13-7-16-15(17)14(12)13/h2-6,12-16H,7-10H2,1H3/t12-,13-,14-,15-/m1/s1. The van der Waals surface area contributed by atoms with E-state index < -0.39 is 0 Å². The Kier molecular flexibility index (Phi) is 2.47. The molecule has 96 valence electrons. The highest BCUT2D eigenvalue weighted by Crippen LogP contribution is 2.42. The van der Waals surface area contributed by atoms with E-state index in [0.717, 1.165) is 24.4 Å². The molecule has 18 heavy (non-hydrogen) atoms. The first-order valence-corrected chi connectivity index (χ1v) is 7.04. The fraction of sp³-hybridized carbons (Fsp3) is 0.600. The van der Waals surface area contributed by atoms with Crippen molar-refractivity contribution in [1.82, 2.24) is 15.1 Å². The molecule has 0 radical (unpaired) electrons. The Hall–Kier alpha value is -0.900. The van der Waals surface area contributed by atoms with Crippen LogP contribution in [0.1, 0.15) is 5.56 Å². The molecular weight excluding hydrogens is 222 g/mol. The highest BCUT2D eigenvalue weighted by Gasteiger charge is 2.54. The van der Waals surface area contributed by atoms with Crippen LogP contribution in [0.2, 0.25) is 0 Å². The highest BCUT2D eigenvalue weighted by atomic mass is 15.4. The Labute approximate surface area is 109 Å². The van der Waals surface area contributed by atoms with E-state index in [2.05, 4.69) is 52.5 Å². The zero-order valence-corrected chi connectivity index (χ0v) is 10.9. The number of likely N-dealkylation sites (tertiary alicyclic amines) is 2. The van der Waals surface area contributed by atoms with Crippen LogP contribution in [0.5, 0.6) is 0 Å². The van der Waals surface area contributed by atoms with Gasteiger partial charge >= 0.3 is 0 Å². The number of hydrogen-bond donors (Lipinski definition) is 1. The van der Waals surface area contributed by atoms with E-state index >= 15 is 0 Å². The summed E-state index contributed by atoms with van der Waals surface area (Å²) in [4.78, 5) is 5.21. The van der Waals surface area contributed by atoms with Crippen LogP contribution in [-0.2, 0) is 6.54 Å². The predicted octanol–water partition coefficient (Wildman–Crippen LogP) is 0.978. The molecule has 3 fully saturated rings. The minimum absolute atomic E-state index is 0.640. The maximum atomic E-state index is 3.70. The average molecular weight is 243 g/mol. The predicted molar refractivity (Wildman–Crippen MR) is 72.0 cm³/mol. The van der Waals surface area contributed by atoms with Crippen molar-refractivity contribution in [3.8, 4) is 0 Å². The maximum Gasteiger partial charge on any atom is 0.0643 e. The van der Waals surface area contributed by atoms with Crippen molar-refractivity contribution in [3.05, 3.63) is 35.9 Å².